The molecule has 0 unspecified atom stereocenters. The number of nitrogens with two attached hydrogens (primary N) is 1. The number of nitrogen functional groups attached to an aromatic ring is 1. The van der Waals surface area contributed by atoms with E-state index < -0.39 is 0 Å². The molecule has 0 aliphatic carbocycles. The molecule has 6 nitrogen and oxygen atoms in total. The van der Waals surface area contributed by atoms with Crippen molar-refractivity contribution >= 4 is 40.2 Å². The molecule has 3 N–H and O–H groups in total. The number of aromatic nitrogens is 4. The summed E-state index contributed by atoms with van der Waals surface area (Å²) in [6.07, 6.45) is 1.62. The third-order valence-corrected chi connectivity index (χ3v) is 3.03. The van der Waals surface area contributed by atoms with Gasteiger partial charge >= 0.3 is 0 Å². The van der Waals surface area contributed by atoms with Crippen molar-refractivity contribution in [2.24, 2.45) is 5.84 Å². The highest BCUT2D eigenvalue weighted by atomic mass is 35.5. The van der Waals surface area contributed by atoms with Crippen LogP contribution in [0, 0.1) is 0 Å². The van der Waals surface area contributed by atoms with E-state index in [0.717, 1.165) is 5.69 Å². The Morgan fingerprint density at radius 1 is 1.11 bits per heavy atom. The first kappa shape index (κ1) is 12.2. The maximum Gasteiger partial charge on any atom is 0.226 e. The van der Waals surface area contributed by atoms with E-state index in [1.165, 1.54) is 0 Å². The van der Waals surface area contributed by atoms with Gasteiger partial charge in [0.1, 0.15) is 6.33 Å². The Labute approximate surface area is 118 Å². The van der Waals surface area contributed by atoms with Gasteiger partial charge in [-0.1, -0.05) is 11.6 Å². The van der Waals surface area contributed by atoms with E-state index in [4.69, 9.17) is 29.0 Å². The van der Waals surface area contributed by atoms with Gasteiger partial charge in [-0.15, -0.1) is 0 Å². The number of rotatable bonds is 2. The lowest BCUT2D eigenvalue weighted by Gasteiger charge is -2.05. The van der Waals surface area contributed by atoms with Crippen LogP contribution in [-0.4, -0.2) is 19.5 Å². The van der Waals surface area contributed by atoms with Gasteiger partial charge < -0.3 is 5.43 Å². The first-order valence-corrected chi connectivity index (χ1v) is 6.08. The molecule has 96 valence electrons. The van der Waals surface area contributed by atoms with Gasteiger partial charge in [-0.05, 0) is 35.9 Å². The van der Waals surface area contributed by atoms with Crippen LogP contribution in [0.4, 0.5) is 5.82 Å². The Kier molecular flexibility index (Phi) is 2.98. The van der Waals surface area contributed by atoms with Crippen molar-refractivity contribution < 1.29 is 0 Å². The smallest absolute Gasteiger partial charge is 0.226 e. The van der Waals surface area contributed by atoms with Gasteiger partial charge in [0.05, 0.1) is 0 Å². The molecule has 3 rings (SSSR count). The third kappa shape index (κ3) is 2.10. The van der Waals surface area contributed by atoms with Gasteiger partial charge in [-0.3, -0.25) is 4.57 Å². The fourth-order valence-electron chi connectivity index (χ4n) is 1.76. The SMILES string of the molecule is NNc1nc(Cl)nc2c1ncn2-c1ccc(Cl)cc1. The Balaban J connectivity index is 2.25. The average molecular weight is 295 g/mol. The van der Waals surface area contributed by atoms with Crippen LogP contribution < -0.4 is 11.3 Å². The van der Waals surface area contributed by atoms with Crippen LogP contribution in [0.1, 0.15) is 0 Å². The molecule has 19 heavy (non-hydrogen) atoms. The number of anilines is 1. The first-order chi connectivity index (χ1) is 9.19. The minimum absolute atomic E-state index is 0.0937. The van der Waals surface area contributed by atoms with E-state index in [9.17, 15) is 0 Å². The van der Waals surface area contributed by atoms with Crippen molar-refractivity contribution in [3.05, 3.63) is 40.9 Å². The fourth-order valence-corrected chi connectivity index (χ4v) is 2.06. The minimum atomic E-state index is 0.0937. The molecule has 0 amide bonds. The van der Waals surface area contributed by atoms with Gasteiger partial charge in [-0.25, -0.2) is 10.8 Å². The molecule has 0 saturated carbocycles. The zero-order chi connectivity index (χ0) is 13.4. The van der Waals surface area contributed by atoms with E-state index in [1.807, 2.05) is 12.1 Å². The van der Waals surface area contributed by atoms with Crippen LogP contribution in [0.5, 0.6) is 0 Å². The minimum Gasteiger partial charge on any atom is -0.306 e. The molecule has 8 heteroatoms. The molecule has 0 aliphatic rings. The monoisotopic (exact) mass is 294 g/mol. The number of imidazole rings is 1. The third-order valence-electron chi connectivity index (χ3n) is 2.61. The topological polar surface area (TPSA) is 81.7 Å². The molecule has 0 aliphatic heterocycles. The molecule has 0 bridgehead atoms. The molecule has 1 aromatic carbocycles. The normalized spacial score (nSPS) is 10.9. The van der Waals surface area contributed by atoms with Crippen LogP contribution in [0.2, 0.25) is 10.3 Å². The summed E-state index contributed by atoms with van der Waals surface area (Å²) in [4.78, 5) is 12.4. The molecular weight excluding hydrogens is 287 g/mol. The molecule has 0 spiro atoms. The lowest BCUT2D eigenvalue weighted by Crippen LogP contribution is -2.10. The Hall–Kier alpha value is -1.89. The maximum atomic E-state index is 5.87. The van der Waals surface area contributed by atoms with Crippen molar-refractivity contribution in [1.82, 2.24) is 19.5 Å². The summed E-state index contributed by atoms with van der Waals surface area (Å²) in [7, 11) is 0. The van der Waals surface area contributed by atoms with E-state index in [-0.39, 0.29) is 5.28 Å². The second-order valence-electron chi connectivity index (χ2n) is 3.75. The highest BCUT2D eigenvalue weighted by molar-refractivity contribution is 6.30. The molecule has 0 fully saturated rings. The fraction of sp³-hybridized carbons (Fsp3) is 0. The van der Waals surface area contributed by atoms with Gasteiger partial charge in [0.25, 0.3) is 0 Å². The number of hydrazine groups is 1. The second-order valence-corrected chi connectivity index (χ2v) is 4.52. The van der Waals surface area contributed by atoms with Crippen molar-refractivity contribution in [3.63, 3.8) is 0 Å². The van der Waals surface area contributed by atoms with Gasteiger partial charge in [-0.2, -0.15) is 9.97 Å². The van der Waals surface area contributed by atoms with Crippen molar-refractivity contribution in [2.45, 2.75) is 0 Å². The van der Waals surface area contributed by atoms with E-state index in [2.05, 4.69) is 20.4 Å². The highest BCUT2D eigenvalue weighted by Crippen LogP contribution is 2.23. The van der Waals surface area contributed by atoms with Crippen LogP contribution >= 0.6 is 23.2 Å². The lowest BCUT2D eigenvalue weighted by atomic mass is 10.3. The number of nitrogens with zero attached hydrogens (tertiary/aromatic N) is 4. The molecule has 0 radical (unpaired) electrons. The largest absolute Gasteiger partial charge is 0.306 e. The summed E-state index contributed by atoms with van der Waals surface area (Å²) >= 11 is 11.7. The van der Waals surface area contributed by atoms with Gasteiger partial charge in [0, 0.05) is 10.7 Å². The Morgan fingerprint density at radius 3 is 2.53 bits per heavy atom. The van der Waals surface area contributed by atoms with Crippen LogP contribution in [0.15, 0.2) is 30.6 Å². The summed E-state index contributed by atoms with van der Waals surface area (Å²) in [6.45, 7) is 0. The predicted molar refractivity (Wildman–Crippen MR) is 74.5 cm³/mol. The molecule has 2 aromatic heterocycles. The summed E-state index contributed by atoms with van der Waals surface area (Å²) in [5.74, 6) is 5.76. The number of benzene rings is 1. The van der Waals surface area contributed by atoms with Crippen LogP contribution in [0.3, 0.4) is 0 Å². The van der Waals surface area contributed by atoms with E-state index in [0.29, 0.717) is 22.0 Å². The summed E-state index contributed by atoms with van der Waals surface area (Å²) < 4.78 is 1.78. The lowest BCUT2D eigenvalue weighted by molar-refractivity contribution is 1.06. The molecular formula is C11H8Cl2N6. The first-order valence-electron chi connectivity index (χ1n) is 5.32. The number of hydrogen-bond donors (Lipinski definition) is 2. The van der Waals surface area contributed by atoms with E-state index in [1.54, 1.807) is 23.0 Å². The number of nitrogens with one attached hydrogen (secondary N) is 1. The van der Waals surface area contributed by atoms with Crippen molar-refractivity contribution in [3.8, 4) is 5.69 Å². The predicted octanol–water partition coefficient (Wildman–Crippen LogP) is 2.41. The van der Waals surface area contributed by atoms with Crippen LogP contribution in [0.25, 0.3) is 16.9 Å². The molecule has 2 heterocycles. The van der Waals surface area contributed by atoms with Crippen LogP contribution in [-0.2, 0) is 0 Å². The van der Waals surface area contributed by atoms with Crippen molar-refractivity contribution in [2.75, 3.05) is 5.43 Å². The van der Waals surface area contributed by atoms with Gasteiger partial charge in [0.15, 0.2) is 17.0 Å². The molecule has 0 saturated heterocycles. The van der Waals surface area contributed by atoms with Gasteiger partial charge in [0.2, 0.25) is 5.28 Å². The summed E-state index contributed by atoms with van der Waals surface area (Å²) in [6, 6.07) is 7.28. The highest BCUT2D eigenvalue weighted by Gasteiger charge is 2.12. The summed E-state index contributed by atoms with van der Waals surface area (Å²) in [5, 5.41) is 0.751. The Morgan fingerprint density at radius 2 is 1.84 bits per heavy atom. The molecule has 3 aromatic rings. The number of fused-ring (bicyclic) bond motifs is 1. The zero-order valence-corrected chi connectivity index (χ0v) is 11.0. The quantitative estimate of drug-likeness (QED) is 0.431. The van der Waals surface area contributed by atoms with E-state index >= 15 is 0 Å². The second kappa shape index (κ2) is 4.65. The Bertz CT molecular complexity index is 737. The van der Waals surface area contributed by atoms with Crippen molar-refractivity contribution in [1.29, 1.82) is 0 Å². The number of hydrogen-bond acceptors (Lipinski definition) is 5. The standard InChI is InChI=1S/C11H8Cl2N6/c12-6-1-3-7(4-2-6)19-5-15-8-9(18-14)16-11(13)17-10(8)19/h1-5H,14H2,(H,16,17,18). The molecule has 0 atom stereocenters. The summed E-state index contributed by atoms with van der Waals surface area (Å²) in [5.41, 5.74) is 4.43. The number of halogens is 2. The average Bonchev–Trinajstić information content (AvgIpc) is 2.82. The maximum absolute atomic E-state index is 5.87. The zero-order valence-electron chi connectivity index (χ0n) is 9.51.